The van der Waals surface area contributed by atoms with Crippen molar-refractivity contribution in [1.29, 1.82) is 0 Å². The molecule has 0 aromatic heterocycles. The van der Waals surface area contributed by atoms with Crippen LogP contribution in [0.5, 0.6) is 17.2 Å². The highest BCUT2D eigenvalue weighted by Crippen LogP contribution is 2.67. The summed E-state index contributed by atoms with van der Waals surface area (Å²) in [6.45, 7) is 12.5. The van der Waals surface area contributed by atoms with Gasteiger partial charge < -0.3 is 18.9 Å². The SMILES string of the molecule is COc1cc(CC(=O)O[C@H]2CC[C@@]3(C)C(=CC[C@H]4[C@H]3CC[C@@]3(C)[C@H]4CC[C@H]3[C@H](C)CCCC(C)C)C2)cc(OC)c1OC. The molecule has 5 heteroatoms. The Morgan fingerprint density at radius 2 is 1.63 bits per heavy atom. The van der Waals surface area contributed by atoms with Gasteiger partial charge in [-0.15, -0.1) is 0 Å². The van der Waals surface area contributed by atoms with E-state index >= 15 is 0 Å². The number of fused-ring (bicyclic) bond motifs is 5. The molecule has 0 bridgehead atoms. The van der Waals surface area contributed by atoms with Gasteiger partial charge in [-0.2, -0.15) is 0 Å². The highest BCUT2D eigenvalue weighted by Gasteiger charge is 2.59. The lowest BCUT2D eigenvalue weighted by Crippen LogP contribution is -2.51. The summed E-state index contributed by atoms with van der Waals surface area (Å²) in [6, 6.07) is 3.67. The molecule has 5 nitrogen and oxygen atoms in total. The van der Waals surface area contributed by atoms with E-state index in [1.54, 1.807) is 26.9 Å². The molecule has 3 saturated carbocycles. The Morgan fingerprint density at radius 1 is 0.907 bits per heavy atom. The average molecular weight is 595 g/mol. The second-order valence-electron chi connectivity index (χ2n) is 15.4. The summed E-state index contributed by atoms with van der Waals surface area (Å²) in [7, 11) is 4.77. The van der Waals surface area contributed by atoms with E-state index in [-0.39, 0.29) is 23.9 Å². The number of rotatable bonds is 11. The summed E-state index contributed by atoms with van der Waals surface area (Å²) in [5.74, 6) is 6.47. The van der Waals surface area contributed by atoms with Gasteiger partial charge in [-0.3, -0.25) is 4.79 Å². The van der Waals surface area contributed by atoms with Crippen molar-refractivity contribution in [1.82, 2.24) is 0 Å². The van der Waals surface area contributed by atoms with Gasteiger partial charge in [-0.1, -0.05) is 65.5 Å². The molecule has 5 rings (SSSR count). The molecular formula is C38H58O5. The molecule has 0 spiro atoms. The molecule has 0 radical (unpaired) electrons. The molecule has 4 aliphatic rings. The zero-order valence-corrected chi connectivity index (χ0v) is 28.3. The molecular weight excluding hydrogens is 536 g/mol. The fraction of sp³-hybridized carbons (Fsp3) is 0.763. The monoisotopic (exact) mass is 594 g/mol. The van der Waals surface area contributed by atoms with Crippen LogP contribution in [-0.4, -0.2) is 33.4 Å². The van der Waals surface area contributed by atoms with Crippen LogP contribution >= 0.6 is 0 Å². The molecule has 0 heterocycles. The number of allylic oxidation sites excluding steroid dienone is 1. The summed E-state index contributed by atoms with van der Waals surface area (Å²) in [5.41, 5.74) is 3.13. The fourth-order valence-electron chi connectivity index (χ4n) is 10.4. The third kappa shape index (κ3) is 6.21. The first-order chi connectivity index (χ1) is 20.5. The molecule has 4 aliphatic carbocycles. The van der Waals surface area contributed by atoms with E-state index in [1.165, 1.54) is 51.4 Å². The van der Waals surface area contributed by atoms with Gasteiger partial charge in [0.05, 0.1) is 27.8 Å². The molecule has 0 amide bonds. The summed E-state index contributed by atoms with van der Waals surface area (Å²) in [5, 5.41) is 0. The minimum atomic E-state index is -0.190. The predicted molar refractivity (Wildman–Crippen MR) is 173 cm³/mol. The number of methoxy groups -OCH3 is 3. The van der Waals surface area contributed by atoms with Crippen LogP contribution in [0, 0.1) is 46.3 Å². The van der Waals surface area contributed by atoms with Crippen molar-refractivity contribution < 1.29 is 23.7 Å². The zero-order valence-electron chi connectivity index (χ0n) is 28.3. The van der Waals surface area contributed by atoms with E-state index in [2.05, 4.69) is 40.7 Å². The van der Waals surface area contributed by atoms with Crippen LogP contribution in [0.4, 0.5) is 0 Å². The normalized spacial score (nSPS) is 34.0. The van der Waals surface area contributed by atoms with E-state index in [9.17, 15) is 4.79 Å². The van der Waals surface area contributed by atoms with Crippen LogP contribution in [0.15, 0.2) is 23.8 Å². The minimum Gasteiger partial charge on any atom is -0.493 e. The van der Waals surface area contributed by atoms with E-state index in [4.69, 9.17) is 18.9 Å². The van der Waals surface area contributed by atoms with Crippen LogP contribution in [-0.2, 0) is 16.0 Å². The molecule has 1 aromatic carbocycles. The largest absolute Gasteiger partial charge is 0.493 e. The predicted octanol–water partition coefficient (Wildman–Crippen LogP) is 9.21. The summed E-state index contributed by atoms with van der Waals surface area (Å²) < 4.78 is 22.5. The number of hydrogen-bond acceptors (Lipinski definition) is 5. The van der Waals surface area contributed by atoms with E-state index in [0.717, 1.165) is 60.3 Å². The molecule has 43 heavy (non-hydrogen) atoms. The van der Waals surface area contributed by atoms with Crippen LogP contribution in [0.2, 0.25) is 0 Å². The summed E-state index contributed by atoms with van der Waals surface area (Å²) in [4.78, 5) is 13.1. The van der Waals surface area contributed by atoms with Gasteiger partial charge in [0, 0.05) is 6.42 Å². The zero-order chi connectivity index (χ0) is 30.9. The van der Waals surface area contributed by atoms with Crippen molar-refractivity contribution in [2.45, 2.75) is 118 Å². The van der Waals surface area contributed by atoms with Crippen LogP contribution in [0.3, 0.4) is 0 Å². The lowest BCUT2D eigenvalue weighted by atomic mass is 9.47. The van der Waals surface area contributed by atoms with Gasteiger partial charge in [0.1, 0.15) is 6.10 Å². The number of ether oxygens (including phenoxy) is 4. The number of esters is 1. The Hall–Kier alpha value is -2.17. The number of carbonyl (C=O) groups is 1. The number of benzene rings is 1. The first-order valence-electron chi connectivity index (χ1n) is 17.2. The lowest BCUT2D eigenvalue weighted by molar-refractivity contribution is -0.150. The van der Waals surface area contributed by atoms with E-state index in [0.29, 0.717) is 22.7 Å². The minimum absolute atomic E-state index is 0.0400. The van der Waals surface area contributed by atoms with Crippen molar-refractivity contribution in [3.8, 4) is 17.2 Å². The maximum absolute atomic E-state index is 13.1. The van der Waals surface area contributed by atoms with Crippen LogP contribution in [0.25, 0.3) is 0 Å². The van der Waals surface area contributed by atoms with Crippen molar-refractivity contribution in [3.63, 3.8) is 0 Å². The standard InChI is InChI=1S/C38H58O5/c1-24(2)10-9-11-25(3)30-14-15-31-29-13-12-27-23-28(16-18-37(27,4)32(29)17-19-38(30,31)5)43-35(39)22-26-20-33(40-6)36(42-8)34(21-26)41-7/h12,20-21,24-25,28-32H,9-11,13-19,22-23H2,1-8H3/t25-,28+,29-,30+,31+,32-,37+,38-/m1/s1. The van der Waals surface area contributed by atoms with Crippen molar-refractivity contribution in [2.75, 3.05) is 21.3 Å². The third-order valence-corrected chi connectivity index (χ3v) is 12.6. The first kappa shape index (κ1) is 32.2. The summed E-state index contributed by atoms with van der Waals surface area (Å²) >= 11 is 0. The topological polar surface area (TPSA) is 54.0 Å². The first-order valence-corrected chi connectivity index (χ1v) is 17.2. The van der Waals surface area contributed by atoms with Gasteiger partial charge >= 0.3 is 5.97 Å². The quantitative estimate of drug-likeness (QED) is 0.189. The Labute approximate surface area is 261 Å². The maximum atomic E-state index is 13.1. The number of carbonyl (C=O) groups excluding carboxylic acids is 1. The van der Waals surface area contributed by atoms with Crippen molar-refractivity contribution in [3.05, 3.63) is 29.3 Å². The third-order valence-electron chi connectivity index (χ3n) is 12.6. The van der Waals surface area contributed by atoms with Crippen LogP contribution < -0.4 is 14.2 Å². The van der Waals surface area contributed by atoms with Gasteiger partial charge in [-0.25, -0.2) is 0 Å². The Bertz CT molecular complexity index is 1150. The van der Waals surface area contributed by atoms with Gasteiger partial charge in [0.25, 0.3) is 0 Å². The van der Waals surface area contributed by atoms with Gasteiger partial charge in [0.2, 0.25) is 5.75 Å². The van der Waals surface area contributed by atoms with Gasteiger partial charge in [-0.05, 0) is 109 Å². The molecule has 1 aromatic rings. The molecule has 0 N–H and O–H groups in total. The number of hydrogen-bond donors (Lipinski definition) is 0. The summed E-state index contributed by atoms with van der Waals surface area (Å²) in [6.07, 6.45) is 16.7. The second kappa shape index (κ2) is 13.1. The molecule has 3 fully saturated rings. The maximum Gasteiger partial charge on any atom is 0.310 e. The molecule has 8 atom stereocenters. The van der Waals surface area contributed by atoms with Crippen molar-refractivity contribution >= 4 is 5.97 Å². The molecule has 0 aliphatic heterocycles. The smallest absolute Gasteiger partial charge is 0.310 e. The Kier molecular flexibility index (Phi) is 9.78. The molecule has 240 valence electrons. The Morgan fingerprint density at radius 3 is 2.28 bits per heavy atom. The molecule has 0 saturated heterocycles. The Balaban J connectivity index is 1.22. The van der Waals surface area contributed by atoms with Crippen molar-refractivity contribution in [2.24, 2.45) is 46.3 Å². The second-order valence-corrected chi connectivity index (χ2v) is 15.4. The average Bonchev–Trinajstić information content (AvgIpc) is 3.33. The van der Waals surface area contributed by atoms with E-state index < -0.39 is 0 Å². The van der Waals surface area contributed by atoms with E-state index in [1.807, 2.05) is 12.1 Å². The molecule has 0 unspecified atom stereocenters. The van der Waals surface area contributed by atoms with Crippen LogP contribution in [0.1, 0.15) is 111 Å². The highest BCUT2D eigenvalue weighted by atomic mass is 16.5. The fourth-order valence-corrected chi connectivity index (χ4v) is 10.4. The van der Waals surface area contributed by atoms with Gasteiger partial charge in [0.15, 0.2) is 11.5 Å². The lowest BCUT2D eigenvalue weighted by Gasteiger charge is -2.58. The highest BCUT2D eigenvalue weighted by molar-refractivity contribution is 5.74.